The summed E-state index contributed by atoms with van der Waals surface area (Å²) in [7, 11) is -4.74. The van der Waals surface area contributed by atoms with Gasteiger partial charge in [-0.25, -0.2) is 13.2 Å². The van der Waals surface area contributed by atoms with E-state index in [9.17, 15) is 26.8 Å². The van der Waals surface area contributed by atoms with Gasteiger partial charge in [-0.3, -0.25) is 4.79 Å². The van der Waals surface area contributed by atoms with E-state index in [0.717, 1.165) is 29.8 Å². The van der Waals surface area contributed by atoms with E-state index in [4.69, 9.17) is 4.74 Å². The maximum atomic E-state index is 12.5. The summed E-state index contributed by atoms with van der Waals surface area (Å²) in [6.45, 7) is 3.27. The van der Waals surface area contributed by atoms with Crippen molar-refractivity contribution in [2.24, 2.45) is 0 Å². The van der Waals surface area contributed by atoms with Gasteiger partial charge in [-0.15, -0.1) is 0 Å². The number of hydrogen-bond acceptors (Lipinski definition) is 5. The first-order valence-corrected chi connectivity index (χ1v) is 9.36. The molecule has 0 heterocycles. The van der Waals surface area contributed by atoms with Crippen LogP contribution in [0.15, 0.2) is 53.4 Å². The van der Waals surface area contributed by atoms with Gasteiger partial charge >= 0.3 is 11.7 Å². The number of carbonyl (C=O) groups is 2. The molecule has 0 aliphatic rings. The molecule has 0 radical (unpaired) electrons. The Hall–Kier alpha value is -2.81. The molecule has 1 unspecified atom stereocenters. The first-order valence-electron chi connectivity index (χ1n) is 7.82. The summed E-state index contributed by atoms with van der Waals surface area (Å²) in [6, 6.07) is 10.9. The van der Waals surface area contributed by atoms with Crippen LogP contribution < -0.4 is 5.32 Å². The van der Waals surface area contributed by atoms with Crippen molar-refractivity contribution in [1.82, 2.24) is 0 Å². The number of halogens is 2. The zero-order valence-corrected chi connectivity index (χ0v) is 15.3. The lowest BCUT2D eigenvalue weighted by atomic mass is 10.2. The quantitative estimate of drug-likeness (QED) is 0.757. The number of anilines is 1. The molecule has 1 atom stereocenters. The van der Waals surface area contributed by atoms with Gasteiger partial charge in [-0.1, -0.05) is 17.7 Å². The van der Waals surface area contributed by atoms with Gasteiger partial charge < -0.3 is 10.1 Å². The van der Waals surface area contributed by atoms with Crippen LogP contribution in [0.25, 0.3) is 0 Å². The molecule has 0 aromatic heterocycles. The summed E-state index contributed by atoms with van der Waals surface area (Å²) in [5, 5.41) is 2.59. The minimum Gasteiger partial charge on any atom is -0.449 e. The summed E-state index contributed by atoms with van der Waals surface area (Å²) in [5.41, 5.74) is 1.48. The third-order valence-corrected chi connectivity index (χ3v) is 5.02. The molecule has 2 aromatic carbocycles. The number of nitrogens with one attached hydrogen (secondary N) is 1. The first kappa shape index (κ1) is 20.5. The lowest BCUT2D eigenvalue weighted by Crippen LogP contribution is -2.30. The van der Waals surface area contributed by atoms with Gasteiger partial charge in [0.2, 0.25) is 9.84 Å². The number of amides is 1. The zero-order valence-electron chi connectivity index (χ0n) is 14.5. The molecule has 2 aromatic rings. The molecular weight excluding hydrogens is 380 g/mol. The van der Waals surface area contributed by atoms with Gasteiger partial charge in [0.15, 0.2) is 6.10 Å². The molecule has 0 bridgehead atoms. The zero-order chi connectivity index (χ0) is 20.2. The van der Waals surface area contributed by atoms with Crippen LogP contribution >= 0.6 is 0 Å². The predicted molar refractivity (Wildman–Crippen MR) is 94.3 cm³/mol. The summed E-state index contributed by atoms with van der Waals surface area (Å²) in [4.78, 5) is 23.5. The highest BCUT2D eigenvalue weighted by Gasteiger charge is 2.27. The molecule has 0 fully saturated rings. The van der Waals surface area contributed by atoms with Crippen LogP contribution in [0, 0.1) is 6.92 Å². The Morgan fingerprint density at radius 3 is 2.07 bits per heavy atom. The Bertz CT molecular complexity index is 925. The lowest BCUT2D eigenvalue weighted by molar-refractivity contribution is -0.123. The molecule has 2 rings (SSSR count). The van der Waals surface area contributed by atoms with E-state index in [-0.39, 0.29) is 5.56 Å². The van der Waals surface area contributed by atoms with Crippen LogP contribution in [-0.4, -0.2) is 32.2 Å². The van der Waals surface area contributed by atoms with Crippen molar-refractivity contribution in [2.75, 3.05) is 5.32 Å². The molecular formula is C18H17F2NO5S. The second kappa shape index (κ2) is 8.26. The Kier molecular flexibility index (Phi) is 6.27. The molecule has 1 N–H and O–H groups in total. The average molecular weight is 397 g/mol. The monoisotopic (exact) mass is 397 g/mol. The largest absolute Gasteiger partial charge is 0.449 e. The van der Waals surface area contributed by atoms with Crippen molar-refractivity contribution >= 4 is 27.4 Å². The lowest BCUT2D eigenvalue weighted by Gasteiger charge is -2.14. The minimum absolute atomic E-state index is 0.0711. The van der Waals surface area contributed by atoms with Crippen LogP contribution in [0.4, 0.5) is 14.5 Å². The standard InChI is InChI=1S/C18H17F2NO5S/c1-11-3-7-14(8-4-11)21-16(22)12(2)26-17(23)13-5-9-15(10-6-13)27(24,25)18(19)20/h3-10,12,18H,1-2H3,(H,21,22). The molecule has 0 saturated heterocycles. The SMILES string of the molecule is Cc1ccc(NC(=O)C(C)OC(=O)c2ccc(S(=O)(=O)C(F)F)cc2)cc1. The summed E-state index contributed by atoms with van der Waals surface area (Å²) in [6.07, 6.45) is -1.12. The summed E-state index contributed by atoms with van der Waals surface area (Å²) >= 11 is 0. The van der Waals surface area contributed by atoms with Crippen molar-refractivity contribution in [3.63, 3.8) is 0 Å². The number of hydrogen-bond donors (Lipinski definition) is 1. The first-order chi connectivity index (χ1) is 12.6. The Labute approximate surface area is 155 Å². The molecule has 144 valence electrons. The number of esters is 1. The normalized spacial score (nSPS) is 12.5. The van der Waals surface area contributed by atoms with Crippen LogP contribution in [0.3, 0.4) is 0 Å². The number of benzene rings is 2. The van der Waals surface area contributed by atoms with E-state index in [1.165, 1.54) is 6.92 Å². The third kappa shape index (κ3) is 5.10. The number of alkyl halides is 2. The Morgan fingerprint density at radius 1 is 1.00 bits per heavy atom. The van der Waals surface area contributed by atoms with Crippen molar-refractivity contribution in [3.8, 4) is 0 Å². The Balaban J connectivity index is 2.01. The summed E-state index contributed by atoms with van der Waals surface area (Å²) < 4.78 is 52.7. The van der Waals surface area contributed by atoms with E-state index in [1.54, 1.807) is 24.3 Å². The fourth-order valence-electron chi connectivity index (χ4n) is 2.05. The Morgan fingerprint density at radius 2 is 1.56 bits per heavy atom. The highest BCUT2D eigenvalue weighted by molar-refractivity contribution is 7.91. The molecule has 0 aliphatic carbocycles. The average Bonchev–Trinajstić information content (AvgIpc) is 2.63. The number of rotatable bonds is 6. The van der Waals surface area contributed by atoms with Gasteiger partial charge in [0.25, 0.3) is 5.91 Å². The van der Waals surface area contributed by atoms with E-state index in [2.05, 4.69) is 5.32 Å². The highest BCUT2D eigenvalue weighted by Crippen LogP contribution is 2.19. The van der Waals surface area contributed by atoms with Crippen molar-refractivity contribution < 1.29 is 31.5 Å². The molecule has 6 nitrogen and oxygen atoms in total. The number of sulfone groups is 1. The van der Waals surface area contributed by atoms with Gasteiger partial charge in [0, 0.05) is 5.69 Å². The van der Waals surface area contributed by atoms with Crippen LogP contribution in [0.5, 0.6) is 0 Å². The van der Waals surface area contributed by atoms with Crippen molar-refractivity contribution in [1.29, 1.82) is 0 Å². The van der Waals surface area contributed by atoms with Gasteiger partial charge in [-0.2, -0.15) is 8.78 Å². The van der Waals surface area contributed by atoms with E-state index >= 15 is 0 Å². The van der Waals surface area contributed by atoms with Gasteiger partial charge in [0.1, 0.15) is 0 Å². The fraction of sp³-hybridized carbons (Fsp3) is 0.222. The fourth-order valence-corrected chi connectivity index (χ4v) is 2.77. The van der Waals surface area contributed by atoms with Crippen LogP contribution in [0.1, 0.15) is 22.8 Å². The summed E-state index contributed by atoms with van der Waals surface area (Å²) in [5.74, 6) is -4.99. The molecule has 27 heavy (non-hydrogen) atoms. The van der Waals surface area contributed by atoms with E-state index in [1.807, 2.05) is 6.92 Å². The topological polar surface area (TPSA) is 89.5 Å². The second-order valence-corrected chi connectivity index (χ2v) is 7.65. The number of carbonyl (C=O) groups excluding carboxylic acids is 2. The van der Waals surface area contributed by atoms with Crippen molar-refractivity contribution in [3.05, 3.63) is 59.7 Å². The van der Waals surface area contributed by atoms with Crippen LogP contribution in [0.2, 0.25) is 0 Å². The molecule has 0 saturated carbocycles. The molecule has 0 aliphatic heterocycles. The smallest absolute Gasteiger partial charge is 0.341 e. The predicted octanol–water partition coefficient (Wildman–Crippen LogP) is 3.18. The second-order valence-electron chi connectivity index (χ2n) is 5.73. The maximum absolute atomic E-state index is 12.5. The maximum Gasteiger partial charge on any atom is 0.341 e. The van der Waals surface area contributed by atoms with Crippen LogP contribution in [-0.2, 0) is 19.4 Å². The van der Waals surface area contributed by atoms with E-state index < -0.39 is 38.5 Å². The minimum atomic E-state index is -4.74. The van der Waals surface area contributed by atoms with Gasteiger partial charge in [0.05, 0.1) is 10.5 Å². The highest BCUT2D eigenvalue weighted by atomic mass is 32.2. The van der Waals surface area contributed by atoms with Gasteiger partial charge in [-0.05, 0) is 50.2 Å². The third-order valence-electron chi connectivity index (χ3n) is 3.63. The molecule has 1 amide bonds. The molecule has 9 heteroatoms. The molecule has 0 spiro atoms. The number of aryl methyl sites for hydroxylation is 1. The van der Waals surface area contributed by atoms with E-state index in [0.29, 0.717) is 5.69 Å². The number of ether oxygens (including phenoxy) is 1. The van der Waals surface area contributed by atoms with Crippen molar-refractivity contribution in [2.45, 2.75) is 30.6 Å².